The maximum absolute atomic E-state index is 13.3. The quantitative estimate of drug-likeness (QED) is 0.0945. The molecule has 0 amide bonds. The summed E-state index contributed by atoms with van der Waals surface area (Å²) in [6.07, 6.45) is 1.30. The molecule has 5 nitrogen and oxygen atoms in total. The standard InChI is InChI=1S/C28H27ClN2O3/c1-4-31-26-13-11-20(25(10-7-15-29)30-34-19(3)32)16-23(26)24-17-21(12-14-27(24)31)28(33)22-9-6-5-8-18(22)2/h5-6,8-9,11-14,16-17H,4,7,10,15H2,1-3H3. The molecule has 1 heterocycles. The van der Waals surface area contributed by atoms with Crippen molar-refractivity contribution in [1.29, 1.82) is 0 Å². The first-order valence-electron chi connectivity index (χ1n) is 11.4. The van der Waals surface area contributed by atoms with Gasteiger partial charge in [-0.05, 0) is 62.6 Å². The topological polar surface area (TPSA) is 60.7 Å². The predicted octanol–water partition coefficient (Wildman–Crippen LogP) is 6.64. The Kier molecular flexibility index (Phi) is 7.13. The van der Waals surface area contributed by atoms with Crippen LogP contribution in [-0.4, -0.2) is 27.9 Å². The van der Waals surface area contributed by atoms with Crippen LogP contribution < -0.4 is 0 Å². The van der Waals surface area contributed by atoms with Crippen molar-refractivity contribution in [3.05, 3.63) is 82.9 Å². The third kappa shape index (κ3) is 4.62. The van der Waals surface area contributed by atoms with Gasteiger partial charge in [0.05, 0.1) is 5.71 Å². The van der Waals surface area contributed by atoms with Crippen LogP contribution in [0.4, 0.5) is 0 Å². The van der Waals surface area contributed by atoms with Gasteiger partial charge in [0.1, 0.15) is 0 Å². The SMILES string of the molecule is CCn1c2ccc(C(=O)c3ccccc3C)cc2c2cc(C(CCCCl)=NOC(C)=O)ccc21. The van der Waals surface area contributed by atoms with Crippen LogP contribution in [0, 0.1) is 6.92 Å². The van der Waals surface area contributed by atoms with Crippen molar-refractivity contribution in [1.82, 2.24) is 4.57 Å². The second-order valence-corrected chi connectivity index (χ2v) is 8.64. The highest BCUT2D eigenvalue weighted by Gasteiger charge is 2.17. The van der Waals surface area contributed by atoms with Crippen LogP contribution in [0.1, 0.15) is 53.7 Å². The number of nitrogens with zero attached hydrogens (tertiary/aromatic N) is 2. The Morgan fingerprint density at radius 3 is 2.24 bits per heavy atom. The van der Waals surface area contributed by atoms with E-state index < -0.39 is 5.97 Å². The number of hydrogen-bond donors (Lipinski definition) is 0. The van der Waals surface area contributed by atoms with Crippen LogP contribution in [-0.2, 0) is 16.2 Å². The van der Waals surface area contributed by atoms with E-state index >= 15 is 0 Å². The molecule has 0 saturated heterocycles. The molecule has 0 radical (unpaired) electrons. The van der Waals surface area contributed by atoms with E-state index in [-0.39, 0.29) is 5.78 Å². The Hall–Kier alpha value is -3.44. The van der Waals surface area contributed by atoms with Crippen LogP contribution in [0.5, 0.6) is 0 Å². The lowest BCUT2D eigenvalue weighted by molar-refractivity contribution is -0.140. The number of carbonyl (C=O) groups is 2. The van der Waals surface area contributed by atoms with Gasteiger partial charge >= 0.3 is 5.97 Å². The van der Waals surface area contributed by atoms with Crippen molar-refractivity contribution in [3.63, 3.8) is 0 Å². The molecule has 6 heteroatoms. The molecule has 0 saturated carbocycles. The second kappa shape index (κ2) is 10.2. The summed E-state index contributed by atoms with van der Waals surface area (Å²) in [5, 5.41) is 6.11. The molecule has 4 rings (SSSR count). The first-order valence-corrected chi connectivity index (χ1v) is 11.9. The van der Waals surface area contributed by atoms with E-state index in [1.807, 2.05) is 55.5 Å². The first-order chi connectivity index (χ1) is 16.4. The van der Waals surface area contributed by atoms with Gasteiger partial charge in [-0.1, -0.05) is 35.5 Å². The average Bonchev–Trinajstić information content (AvgIpc) is 3.16. The van der Waals surface area contributed by atoms with E-state index in [1.165, 1.54) is 6.92 Å². The first kappa shape index (κ1) is 23.7. The zero-order valence-electron chi connectivity index (χ0n) is 19.6. The molecule has 34 heavy (non-hydrogen) atoms. The monoisotopic (exact) mass is 474 g/mol. The number of hydrogen-bond acceptors (Lipinski definition) is 4. The van der Waals surface area contributed by atoms with Gasteiger partial charge in [-0.2, -0.15) is 0 Å². The minimum Gasteiger partial charge on any atom is -0.341 e. The van der Waals surface area contributed by atoms with E-state index in [4.69, 9.17) is 16.4 Å². The number of ketones is 1. The summed E-state index contributed by atoms with van der Waals surface area (Å²) in [5.74, 6) is 0.0279. The molecule has 0 fully saturated rings. The van der Waals surface area contributed by atoms with Crippen molar-refractivity contribution >= 4 is 50.9 Å². The van der Waals surface area contributed by atoms with Crippen LogP contribution in [0.3, 0.4) is 0 Å². The van der Waals surface area contributed by atoms with Gasteiger partial charge in [0.25, 0.3) is 0 Å². The fraction of sp³-hybridized carbons (Fsp3) is 0.250. The van der Waals surface area contributed by atoms with Crippen LogP contribution >= 0.6 is 11.6 Å². The number of fused-ring (bicyclic) bond motifs is 3. The maximum atomic E-state index is 13.3. The smallest absolute Gasteiger partial charge is 0.331 e. The molecule has 4 aromatic rings. The van der Waals surface area contributed by atoms with Gasteiger partial charge in [0.2, 0.25) is 0 Å². The Morgan fingerprint density at radius 2 is 1.62 bits per heavy atom. The Balaban J connectivity index is 1.87. The number of carbonyl (C=O) groups excluding carboxylic acids is 2. The lowest BCUT2D eigenvalue weighted by Crippen LogP contribution is -2.05. The van der Waals surface area contributed by atoms with Crippen molar-refractivity contribution in [2.24, 2.45) is 5.16 Å². The second-order valence-electron chi connectivity index (χ2n) is 8.27. The fourth-order valence-electron chi connectivity index (χ4n) is 4.34. The molecule has 3 aromatic carbocycles. The molecule has 0 spiro atoms. The summed E-state index contributed by atoms with van der Waals surface area (Å²) < 4.78 is 2.23. The number of halogens is 1. The number of aromatic nitrogens is 1. The molecular formula is C28H27ClN2O3. The van der Waals surface area contributed by atoms with E-state index in [0.29, 0.717) is 35.6 Å². The third-order valence-electron chi connectivity index (χ3n) is 6.00. The molecule has 0 aliphatic rings. The Bertz CT molecular complexity index is 1420. The summed E-state index contributed by atoms with van der Waals surface area (Å²) in [5.41, 5.74) is 5.99. The molecule has 0 unspecified atom stereocenters. The normalized spacial score (nSPS) is 11.8. The molecule has 1 aromatic heterocycles. The molecule has 0 aliphatic heterocycles. The Labute approximate surface area is 204 Å². The Morgan fingerprint density at radius 1 is 0.971 bits per heavy atom. The van der Waals surface area contributed by atoms with Crippen LogP contribution in [0.25, 0.3) is 21.8 Å². The third-order valence-corrected chi connectivity index (χ3v) is 6.27. The molecule has 0 N–H and O–H groups in total. The average molecular weight is 475 g/mol. The zero-order chi connectivity index (χ0) is 24.2. The summed E-state index contributed by atoms with van der Waals surface area (Å²) in [6, 6.07) is 19.6. The van der Waals surface area contributed by atoms with E-state index in [1.54, 1.807) is 0 Å². The number of rotatable bonds is 8. The van der Waals surface area contributed by atoms with E-state index in [2.05, 4.69) is 28.8 Å². The highest BCUT2D eigenvalue weighted by atomic mass is 35.5. The number of alkyl halides is 1. The maximum Gasteiger partial charge on any atom is 0.331 e. The fourth-order valence-corrected chi connectivity index (χ4v) is 4.48. The molecule has 0 atom stereocenters. The zero-order valence-corrected chi connectivity index (χ0v) is 20.4. The molecule has 0 bridgehead atoms. The van der Waals surface area contributed by atoms with Gasteiger partial charge in [-0.15, -0.1) is 11.6 Å². The number of benzene rings is 3. The molecule has 0 aliphatic carbocycles. The van der Waals surface area contributed by atoms with Gasteiger partial charge in [-0.3, -0.25) is 4.79 Å². The van der Waals surface area contributed by atoms with Gasteiger partial charge in [0.15, 0.2) is 5.78 Å². The molecular weight excluding hydrogens is 448 g/mol. The minimum absolute atomic E-state index is 0.00720. The summed E-state index contributed by atoms with van der Waals surface area (Å²) in [7, 11) is 0. The van der Waals surface area contributed by atoms with Crippen molar-refractivity contribution in [2.45, 2.75) is 40.2 Å². The highest BCUT2D eigenvalue weighted by molar-refractivity contribution is 6.18. The summed E-state index contributed by atoms with van der Waals surface area (Å²) >= 11 is 5.90. The minimum atomic E-state index is -0.466. The van der Waals surface area contributed by atoms with Gasteiger partial charge in [-0.25, -0.2) is 4.79 Å². The summed E-state index contributed by atoms with van der Waals surface area (Å²) in [6.45, 7) is 6.18. The van der Waals surface area contributed by atoms with Crippen molar-refractivity contribution in [3.8, 4) is 0 Å². The predicted molar refractivity (Wildman–Crippen MR) is 138 cm³/mol. The number of oxime groups is 1. The van der Waals surface area contributed by atoms with Crippen LogP contribution in [0.2, 0.25) is 0 Å². The van der Waals surface area contributed by atoms with E-state index in [9.17, 15) is 9.59 Å². The van der Waals surface area contributed by atoms with Gasteiger partial charge in [0, 0.05) is 57.8 Å². The molecule has 174 valence electrons. The van der Waals surface area contributed by atoms with Crippen molar-refractivity contribution < 1.29 is 14.4 Å². The lowest BCUT2D eigenvalue weighted by Gasteiger charge is -2.07. The van der Waals surface area contributed by atoms with Crippen LogP contribution in [0.15, 0.2) is 65.8 Å². The summed E-state index contributed by atoms with van der Waals surface area (Å²) in [4.78, 5) is 29.6. The lowest BCUT2D eigenvalue weighted by atomic mass is 9.97. The van der Waals surface area contributed by atoms with Crippen molar-refractivity contribution in [2.75, 3.05) is 5.88 Å². The van der Waals surface area contributed by atoms with E-state index in [0.717, 1.165) is 39.5 Å². The number of aryl methyl sites for hydroxylation is 2. The largest absolute Gasteiger partial charge is 0.341 e. The highest BCUT2D eigenvalue weighted by Crippen LogP contribution is 2.32. The van der Waals surface area contributed by atoms with Gasteiger partial charge < -0.3 is 9.40 Å².